The molecule has 0 aliphatic rings. The summed E-state index contributed by atoms with van der Waals surface area (Å²) in [7, 11) is 0. The van der Waals surface area contributed by atoms with Crippen molar-refractivity contribution in [3.05, 3.63) is 35.9 Å². The Kier molecular flexibility index (Phi) is 12.4. The van der Waals surface area contributed by atoms with E-state index in [1.54, 1.807) is 44.2 Å². The molecule has 4 unspecified atom stereocenters. The first-order chi connectivity index (χ1) is 16.4. The third-order valence-electron chi connectivity index (χ3n) is 5.06. The Morgan fingerprint density at radius 1 is 0.857 bits per heavy atom. The van der Waals surface area contributed by atoms with Crippen LogP contribution >= 0.6 is 0 Å². The van der Waals surface area contributed by atoms with Crippen LogP contribution in [0.4, 0.5) is 0 Å². The maximum Gasteiger partial charge on any atom is 0.326 e. The molecule has 0 fully saturated rings. The zero-order valence-electron chi connectivity index (χ0n) is 19.8. The Balaban J connectivity index is 2.87. The first-order valence-electron chi connectivity index (χ1n) is 11.2. The SMILES string of the molecule is CC(C)CC(NC(=O)C(CO)NC(=O)C(N)CCC(=O)O)C(=O)NC(Cc1ccccc1)C(=O)O. The highest BCUT2D eigenvalue weighted by molar-refractivity contribution is 5.94. The van der Waals surface area contributed by atoms with E-state index in [1.165, 1.54) is 0 Å². The Morgan fingerprint density at radius 2 is 1.40 bits per heavy atom. The van der Waals surface area contributed by atoms with Crippen molar-refractivity contribution in [1.82, 2.24) is 16.0 Å². The molecule has 0 aliphatic carbocycles. The van der Waals surface area contributed by atoms with Gasteiger partial charge in [0.15, 0.2) is 0 Å². The van der Waals surface area contributed by atoms with Crippen molar-refractivity contribution in [3.8, 4) is 0 Å². The van der Waals surface area contributed by atoms with Crippen LogP contribution in [0.25, 0.3) is 0 Å². The second kappa shape index (κ2) is 14.7. The first-order valence-corrected chi connectivity index (χ1v) is 11.2. The first kappa shape index (κ1) is 29.5. The van der Waals surface area contributed by atoms with E-state index >= 15 is 0 Å². The van der Waals surface area contributed by atoms with Crippen LogP contribution in [-0.4, -0.2) is 75.8 Å². The van der Waals surface area contributed by atoms with Gasteiger partial charge in [0.1, 0.15) is 18.1 Å². The number of benzene rings is 1. The molecule has 194 valence electrons. The quantitative estimate of drug-likeness (QED) is 0.159. The summed E-state index contributed by atoms with van der Waals surface area (Å²) in [5, 5.41) is 34.9. The summed E-state index contributed by atoms with van der Waals surface area (Å²) in [4.78, 5) is 60.1. The molecule has 4 atom stereocenters. The number of carboxylic acid groups (broad SMARTS) is 2. The van der Waals surface area contributed by atoms with Crippen LogP contribution in [0.1, 0.15) is 38.7 Å². The molecule has 0 bridgehead atoms. The molecule has 0 saturated carbocycles. The van der Waals surface area contributed by atoms with Crippen LogP contribution in [0, 0.1) is 5.92 Å². The van der Waals surface area contributed by atoms with Gasteiger partial charge in [-0.3, -0.25) is 19.2 Å². The third kappa shape index (κ3) is 11.0. The molecule has 1 aromatic carbocycles. The summed E-state index contributed by atoms with van der Waals surface area (Å²) in [5.41, 5.74) is 6.32. The molecule has 0 spiro atoms. The van der Waals surface area contributed by atoms with Crippen LogP contribution in [-0.2, 0) is 30.4 Å². The Hall–Kier alpha value is -3.51. The minimum Gasteiger partial charge on any atom is -0.481 e. The average Bonchev–Trinajstić information content (AvgIpc) is 2.79. The molecule has 1 aromatic rings. The predicted molar refractivity (Wildman–Crippen MR) is 125 cm³/mol. The minimum atomic E-state index is -1.44. The van der Waals surface area contributed by atoms with Gasteiger partial charge >= 0.3 is 11.9 Å². The van der Waals surface area contributed by atoms with E-state index in [0.29, 0.717) is 5.56 Å². The van der Waals surface area contributed by atoms with Crippen LogP contribution in [0.15, 0.2) is 30.3 Å². The summed E-state index contributed by atoms with van der Waals surface area (Å²) in [5.74, 6) is -4.88. The molecule has 0 saturated heterocycles. The molecule has 0 radical (unpaired) electrons. The van der Waals surface area contributed by atoms with Crippen molar-refractivity contribution in [2.45, 2.75) is 63.7 Å². The maximum atomic E-state index is 12.9. The van der Waals surface area contributed by atoms with E-state index in [-0.39, 0.29) is 31.6 Å². The zero-order chi connectivity index (χ0) is 26.5. The number of rotatable bonds is 15. The molecule has 35 heavy (non-hydrogen) atoms. The van der Waals surface area contributed by atoms with Crippen LogP contribution in [0.5, 0.6) is 0 Å². The van der Waals surface area contributed by atoms with Crippen LogP contribution < -0.4 is 21.7 Å². The number of hydrogen-bond donors (Lipinski definition) is 7. The van der Waals surface area contributed by atoms with Crippen LogP contribution in [0.2, 0.25) is 0 Å². The standard InChI is InChI=1S/C23H34N4O8/c1-13(2)10-16(21(32)26-17(23(34)35)11-14-6-4-3-5-7-14)25-22(33)18(12-28)27-20(31)15(24)8-9-19(29)30/h3-7,13,15-18,28H,8-12,24H2,1-2H3,(H,25,33)(H,26,32)(H,27,31)(H,29,30)(H,34,35). The molecule has 0 aromatic heterocycles. The average molecular weight is 495 g/mol. The fourth-order valence-corrected chi connectivity index (χ4v) is 3.18. The van der Waals surface area contributed by atoms with Crippen molar-refractivity contribution in [1.29, 1.82) is 0 Å². The molecular formula is C23H34N4O8. The highest BCUT2D eigenvalue weighted by Gasteiger charge is 2.30. The lowest BCUT2D eigenvalue weighted by Gasteiger charge is -2.25. The fourth-order valence-electron chi connectivity index (χ4n) is 3.18. The Bertz CT molecular complexity index is 878. The van der Waals surface area contributed by atoms with Crippen LogP contribution in [0.3, 0.4) is 0 Å². The third-order valence-corrected chi connectivity index (χ3v) is 5.06. The van der Waals surface area contributed by atoms with Gasteiger partial charge in [-0.2, -0.15) is 0 Å². The van der Waals surface area contributed by atoms with E-state index in [1.807, 2.05) is 0 Å². The summed E-state index contributed by atoms with van der Waals surface area (Å²) in [6.45, 7) is 2.81. The number of aliphatic hydroxyl groups is 1. The molecular weight excluding hydrogens is 460 g/mol. The number of nitrogens with two attached hydrogens (primary N) is 1. The number of carbonyl (C=O) groups excluding carboxylic acids is 3. The van der Waals surface area contributed by atoms with Gasteiger partial charge in [0.2, 0.25) is 17.7 Å². The number of nitrogens with one attached hydrogen (secondary N) is 3. The maximum absolute atomic E-state index is 12.9. The highest BCUT2D eigenvalue weighted by Crippen LogP contribution is 2.08. The van der Waals surface area contributed by atoms with E-state index < -0.39 is 60.4 Å². The normalized spacial score (nSPS) is 14.3. The van der Waals surface area contributed by atoms with E-state index in [4.69, 9.17) is 10.8 Å². The van der Waals surface area contributed by atoms with Crippen molar-refractivity contribution in [2.24, 2.45) is 11.7 Å². The van der Waals surface area contributed by atoms with Crippen molar-refractivity contribution in [3.63, 3.8) is 0 Å². The Morgan fingerprint density at radius 3 is 1.91 bits per heavy atom. The lowest BCUT2D eigenvalue weighted by Crippen LogP contribution is -2.58. The second-order valence-electron chi connectivity index (χ2n) is 8.56. The second-order valence-corrected chi connectivity index (χ2v) is 8.56. The molecule has 1 rings (SSSR count). The number of aliphatic hydroxyl groups excluding tert-OH is 1. The molecule has 0 heterocycles. The Labute approximate surface area is 203 Å². The van der Waals surface area contributed by atoms with E-state index in [9.17, 15) is 34.2 Å². The van der Waals surface area contributed by atoms with Gasteiger partial charge in [-0.15, -0.1) is 0 Å². The summed E-state index contributed by atoms with van der Waals surface area (Å²) in [6, 6.07) is 3.70. The fraction of sp³-hybridized carbons (Fsp3) is 0.522. The van der Waals surface area contributed by atoms with Crippen molar-refractivity contribution >= 4 is 29.7 Å². The number of aliphatic carboxylic acids is 2. The smallest absolute Gasteiger partial charge is 0.326 e. The van der Waals surface area contributed by atoms with Gasteiger partial charge in [-0.05, 0) is 24.3 Å². The summed E-state index contributed by atoms with van der Waals surface area (Å²) in [6.07, 6.45) is -0.320. The number of carbonyl (C=O) groups is 5. The molecule has 8 N–H and O–H groups in total. The lowest BCUT2D eigenvalue weighted by atomic mass is 10.0. The van der Waals surface area contributed by atoms with E-state index in [0.717, 1.165) is 0 Å². The largest absolute Gasteiger partial charge is 0.481 e. The summed E-state index contributed by atoms with van der Waals surface area (Å²) >= 11 is 0. The van der Waals surface area contributed by atoms with Gasteiger partial charge in [0, 0.05) is 12.8 Å². The monoisotopic (exact) mass is 494 g/mol. The molecule has 3 amide bonds. The number of hydrogen-bond acceptors (Lipinski definition) is 7. The number of amides is 3. The van der Waals surface area contributed by atoms with Crippen molar-refractivity contribution in [2.75, 3.05) is 6.61 Å². The van der Waals surface area contributed by atoms with Gasteiger partial charge in [0.25, 0.3) is 0 Å². The molecule has 12 nitrogen and oxygen atoms in total. The van der Waals surface area contributed by atoms with Gasteiger partial charge in [0.05, 0.1) is 12.6 Å². The number of carboxylic acids is 2. The zero-order valence-corrected chi connectivity index (χ0v) is 19.8. The highest BCUT2D eigenvalue weighted by atomic mass is 16.4. The van der Waals surface area contributed by atoms with Gasteiger partial charge in [-0.25, -0.2) is 4.79 Å². The van der Waals surface area contributed by atoms with Gasteiger partial charge in [-0.1, -0.05) is 44.2 Å². The van der Waals surface area contributed by atoms with Gasteiger partial charge < -0.3 is 37.0 Å². The lowest BCUT2D eigenvalue weighted by molar-refractivity contribution is -0.142. The van der Waals surface area contributed by atoms with E-state index in [2.05, 4.69) is 16.0 Å². The topological polar surface area (TPSA) is 208 Å². The van der Waals surface area contributed by atoms with Crippen molar-refractivity contribution < 1.29 is 39.3 Å². The minimum absolute atomic E-state index is 0.0355. The molecule has 12 heteroatoms. The predicted octanol–water partition coefficient (Wildman–Crippen LogP) is -1.00. The molecule has 0 aliphatic heterocycles. The summed E-state index contributed by atoms with van der Waals surface area (Å²) < 4.78 is 0.